The van der Waals surface area contributed by atoms with E-state index >= 15 is 8.78 Å². The second kappa shape index (κ2) is 15.4. The van der Waals surface area contributed by atoms with Crippen molar-refractivity contribution in [1.82, 2.24) is 9.80 Å². The van der Waals surface area contributed by atoms with Crippen LogP contribution in [-0.2, 0) is 4.79 Å². The van der Waals surface area contributed by atoms with Crippen LogP contribution < -0.4 is 19.7 Å². The molecule has 1 N–H and O–H groups in total. The molecular formula is C41H42F2N4O5. The van der Waals surface area contributed by atoms with Gasteiger partial charge in [-0.15, -0.1) is 0 Å². The average molecular weight is 709 g/mol. The minimum absolute atomic E-state index is 0.144. The number of amides is 3. The lowest BCUT2D eigenvalue weighted by atomic mass is 9.96. The highest BCUT2D eigenvalue weighted by Crippen LogP contribution is 2.44. The number of hydrogen-bond acceptors (Lipinski definition) is 6. The van der Waals surface area contributed by atoms with Gasteiger partial charge in [0.15, 0.2) is 11.5 Å². The van der Waals surface area contributed by atoms with Crippen LogP contribution in [0.4, 0.5) is 20.2 Å². The Morgan fingerprint density at radius 3 is 2.13 bits per heavy atom. The molecule has 0 radical (unpaired) electrons. The SMILES string of the molecule is COc1cccc(-c2ccccc2C(=O)Nc2ccc(C(=O)N3CCC(F)(F)C(=CC(=O)N4CCC(N(C)C)CC4)c4ccccc43)cc2)c1OC. The molecule has 0 aromatic heterocycles. The molecule has 1 fully saturated rings. The number of para-hydroxylation sites is 2. The fourth-order valence-electron chi connectivity index (χ4n) is 6.92. The Kier molecular flexibility index (Phi) is 10.7. The molecular weight excluding hydrogens is 666 g/mol. The number of hydrogen-bond donors (Lipinski definition) is 1. The lowest BCUT2D eigenvalue weighted by Crippen LogP contribution is -2.44. The summed E-state index contributed by atoms with van der Waals surface area (Å²) in [7, 11) is 7.08. The van der Waals surface area contributed by atoms with E-state index in [2.05, 4.69) is 10.2 Å². The second-order valence-corrected chi connectivity index (χ2v) is 13.1. The van der Waals surface area contributed by atoms with Crippen molar-refractivity contribution < 1.29 is 32.6 Å². The highest BCUT2D eigenvalue weighted by atomic mass is 19.3. The lowest BCUT2D eigenvalue weighted by molar-refractivity contribution is -0.127. The maximum absolute atomic E-state index is 15.8. The van der Waals surface area contributed by atoms with Crippen molar-refractivity contribution >= 4 is 34.7 Å². The molecule has 0 aliphatic carbocycles. The third-order valence-electron chi connectivity index (χ3n) is 9.80. The number of alkyl halides is 2. The Balaban J connectivity index is 1.22. The average Bonchev–Trinajstić information content (AvgIpc) is 3.27. The van der Waals surface area contributed by atoms with Gasteiger partial charge in [0.05, 0.1) is 19.9 Å². The number of methoxy groups -OCH3 is 2. The summed E-state index contributed by atoms with van der Waals surface area (Å²) in [5.74, 6) is -3.63. The van der Waals surface area contributed by atoms with Crippen molar-refractivity contribution in [3.8, 4) is 22.6 Å². The topological polar surface area (TPSA) is 91.4 Å². The van der Waals surface area contributed by atoms with E-state index in [0.29, 0.717) is 58.7 Å². The first-order valence-electron chi connectivity index (χ1n) is 17.2. The minimum Gasteiger partial charge on any atom is -0.493 e. The first kappa shape index (κ1) is 36.2. The Morgan fingerprint density at radius 2 is 1.46 bits per heavy atom. The molecule has 9 nitrogen and oxygen atoms in total. The van der Waals surface area contributed by atoms with E-state index in [9.17, 15) is 14.4 Å². The zero-order chi connectivity index (χ0) is 37.0. The normalized spacial score (nSPS) is 16.6. The second-order valence-electron chi connectivity index (χ2n) is 13.1. The number of allylic oxidation sites excluding steroid dienone is 1. The third kappa shape index (κ3) is 7.41. The molecule has 0 saturated carbocycles. The maximum Gasteiger partial charge on any atom is 0.275 e. The molecule has 1 saturated heterocycles. The molecule has 4 aromatic rings. The molecule has 2 aliphatic rings. The van der Waals surface area contributed by atoms with Crippen LogP contribution in [0.5, 0.6) is 11.5 Å². The van der Waals surface area contributed by atoms with Crippen LogP contribution in [0.1, 0.15) is 45.5 Å². The summed E-state index contributed by atoms with van der Waals surface area (Å²) in [6, 6.07) is 25.7. The zero-order valence-electron chi connectivity index (χ0n) is 29.7. The Hall–Kier alpha value is -5.55. The van der Waals surface area contributed by atoms with Crippen LogP contribution in [0.3, 0.4) is 0 Å². The van der Waals surface area contributed by atoms with E-state index in [0.717, 1.165) is 18.9 Å². The van der Waals surface area contributed by atoms with Crippen molar-refractivity contribution in [2.24, 2.45) is 0 Å². The summed E-state index contributed by atoms with van der Waals surface area (Å²) in [6.07, 6.45) is 1.95. The number of fused-ring (bicyclic) bond motifs is 1. The number of ether oxygens (including phenoxy) is 2. The third-order valence-corrected chi connectivity index (χ3v) is 9.80. The largest absolute Gasteiger partial charge is 0.493 e. The molecule has 52 heavy (non-hydrogen) atoms. The summed E-state index contributed by atoms with van der Waals surface area (Å²) < 4.78 is 42.7. The van der Waals surface area contributed by atoms with Gasteiger partial charge in [-0.05, 0) is 75.0 Å². The quantitative estimate of drug-likeness (QED) is 0.194. The van der Waals surface area contributed by atoms with Gasteiger partial charge in [0, 0.05) is 71.7 Å². The Bertz CT molecular complexity index is 1990. The molecule has 0 bridgehead atoms. The standard InChI is InChI=1S/C41H42F2N4O5/c1-45(2)29-20-23-46(24-21-29)37(48)26-34-33-12-7-8-14-35(33)47(25-22-41(34,42)43)40(50)27-16-18-28(19-17-27)44-39(49)32-11-6-5-10-30(32)31-13-9-15-36(51-3)38(31)52-4/h5-19,26,29H,20-25H2,1-4H3,(H,44,49). The van der Waals surface area contributed by atoms with Gasteiger partial charge in [-0.25, -0.2) is 8.78 Å². The number of halogens is 2. The first-order chi connectivity index (χ1) is 25.0. The molecule has 11 heteroatoms. The van der Waals surface area contributed by atoms with Gasteiger partial charge >= 0.3 is 0 Å². The summed E-state index contributed by atoms with van der Waals surface area (Å²) in [5.41, 5.74) is 2.48. The predicted octanol–water partition coefficient (Wildman–Crippen LogP) is 7.24. The van der Waals surface area contributed by atoms with E-state index in [4.69, 9.17) is 9.47 Å². The van der Waals surface area contributed by atoms with Gasteiger partial charge in [-0.2, -0.15) is 0 Å². The number of benzene rings is 4. The van der Waals surface area contributed by atoms with Gasteiger partial charge in [0.1, 0.15) is 0 Å². The predicted molar refractivity (Wildman–Crippen MR) is 198 cm³/mol. The number of rotatable bonds is 8. The fraction of sp³-hybridized carbons (Fsp3) is 0.293. The molecule has 0 unspecified atom stereocenters. The van der Waals surface area contributed by atoms with Crippen LogP contribution in [0.15, 0.2) is 97.1 Å². The summed E-state index contributed by atoms with van der Waals surface area (Å²) in [5, 5.41) is 2.89. The molecule has 4 aromatic carbocycles. The van der Waals surface area contributed by atoms with Crippen molar-refractivity contribution in [1.29, 1.82) is 0 Å². The number of carbonyl (C=O) groups excluding carboxylic acids is 3. The molecule has 0 spiro atoms. The van der Waals surface area contributed by atoms with Crippen molar-refractivity contribution in [3.63, 3.8) is 0 Å². The van der Waals surface area contributed by atoms with Gasteiger partial charge in [-0.1, -0.05) is 48.5 Å². The monoisotopic (exact) mass is 708 g/mol. The van der Waals surface area contributed by atoms with Crippen LogP contribution in [0.25, 0.3) is 16.7 Å². The number of piperidine rings is 1. The highest BCUT2D eigenvalue weighted by Gasteiger charge is 2.42. The first-order valence-corrected chi connectivity index (χ1v) is 17.2. The van der Waals surface area contributed by atoms with Gasteiger partial charge < -0.3 is 29.5 Å². The number of likely N-dealkylation sites (tertiary alicyclic amines) is 1. The fourth-order valence-corrected chi connectivity index (χ4v) is 6.92. The van der Waals surface area contributed by atoms with Crippen molar-refractivity contribution in [2.45, 2.75) is 31.2 Å². The smallest absolute Gasteiger partial charge is 0.275 e. The molecule has 6 rings (SSSR count). The molecule has 270 valence electrons. The summed E-state index contributed by atoms with van der Waals surface area (Å²) in [4.78, 5) is 45.9. The van der Waals surface area contributed by atoms with Crippen molar-refractivity contribution in [3.05, 3.63) is 114 Å². The number of nitrogens with zero attached hydrogens (tertiary/aromatic N) is 3. The zero-order valence-corrected chi connectivity index (χ0v) is 29.7. The lowest BCUT2D eigenvalue weighted by Gasteiger charge is -2.35. The van der Waals surface area contributed by atoms with E-state index < -0.39 is 24.2 Å². The molecule has 3 amide bonds. The van der Waals surface area contributed by atoms with Crippen LogP contribution >= 0.6 is 0 Å². The number of carbonyl (C=O) groups is 3. The molecule has 2 aliphatic heterocycles. The van der Waals surface area contributed by atoms with Gasteiger partial charge in [0.2, 0.25) is 5.91 Å². The summed E-state index contributed by atoms with van der Waals surface area (Å²) in [6.45, 7) is 0.720. The van der Waals surface area contributed by atoms with E-state index in [1.165, 1.54) is 18.1 Å². The van der Waals surface area contributed by atoms with E-state index in [1.807, 2.05) is 38.4 Å². The Labute approximate surface area is 302 Å². The van der Waals surface area contributed by atoms with Gasteiger partial charge in [0.25, 0.3) is 17.7 Å². The van der Waals surface area contributed by atoms with Crippen LogP contribution in [0.2, 0.25) is 0 Å². The minimum atomic E-state index is -3.35. The highest BCUT2D eigenvalue weighted by molar-refractivity contribution is 6.11. The van der Waals surface area contributed by atoms with Crippen molar-refractivity contribution in [2.75, 3.05) is 58.2 Å². The van der Waals surface area contributed by atoms with Crippen LogP contribution in [0, 0.1) is 0 Å². The Morgan fingerprint density at radius 1 is 0.808 bits per heavy atom. The van der Waals surface area contributed by atoms with E-state index in [1.54, 1.807) is 72.7 Å². The van der Waals surface area contributed by atoms with E-state index in [-0.39, 0.29) is 29.2 Å². The number of nitrogens with one attached hydrogen (secondary N) is 1. The number of anilines is 2. The van der Waals surface area contributed by atoms with Crippen LogP contribution in [-0.4, -0.2) is 87.4 Å². The molecule has 0 atom stereocenters. The molecule has 2 heterocycles. The van der Waals surface area contributed by atoms with Gasteiger partial charge in [-0.3, -0.25) is 14.4 Å². The summed E-state index contributed by atoms with van der Waals surface area (Å²) >= 11 is 0. The maximum atomic E-state index is 15.8.